The smallest absolute Gasteiger partial charge is 0.408 e. The molecule has 0 spiro atoms. The molecule has 0 saturated heterocycles. The van der Waals surface area contributed by atoms with E-state index in [9.17, 15) is 14.7 Å². The molecule has 2 N–H and O–H groups in total. The molecular weight excluding hydrogens is 356 g/mol. The number of carboxylic acids is 1. The molecule has 1 aliphatic rings. The maximum atomic E-state index is 12.3. The van der Waals surface area contributed by atoms with Gasteiger partial charge in [-0.1, -0.05) is 48.5 Å². The second-order valence-corrected chi connectivity index (χ2v) is 6.52. The number of nitrogens with zero attached hydrogens (tertiary/aromatic N) is 1. The summed E-state index contributed by atoms with van der Waals surface area (Å²) < 4.78 is 5.41. The molecule has 0 bridgehead atoms. The number of fused-ring (bicyclic) bond motifs is 3. The van der Waals surface area contributed by atoms with Crippen molar-refractivity contribution < 1.29 is 19.4 Å². The van der Waals surface area contributed by atoms with Crippen LogP contribution in [-0.2, 0) is 9.53 Å². The van der Waals surface area contributed by atoms with Gasteiger partial charge < -0.3 is 15.2 Å². The normalized spacial score (nSPS) is 13.3. The van der Waals surface area contributed by atoms with Crippen molar-refractivity contribution in [3.8, 4) is 11.1 Å². The van der Waals surface area contributed by atoms with Crippen LogP contribution in [-0.4, -0.2) is 28.8 Å². The molecule has 0 aliphatic heterocycles. The zero-order chi connectivity index (χ0) is 19.5. The van der Waals surface area contributed by atoms with Gasteiger partial charge in [0, 0.05) is 18.3 Å². The summed E-state index contributed by atoms with van der Waals surface area (Å²) in [6, 6.07) is 17.9. The molecule has 4 rings (SSSR count). The lowest BCUT2D eigenvalue weighted by Crippen LogP contribution is -2.34. The number of aromatic nitrogens is 1. The zero-order valence-electron chi connectivity index (χ0n) is 14.9. The van der Waals surface area contributed by atoms with Gasteiger partial charge in [0.25, 0.3) is 0 Å². The molecule has 1 aliphatic carbocycles. The number of amides is 1. The highest BCUT2D eigenvalue weighted by molar-refractivity contribution is 5.82. The van der Waals surface area contributed by atoms with Crippen molar-refractivity contribution >= 4 is 12.1 Å². The van der Waals surface area contributed by atoms with E-state index in [1.165, 1.54) is 12.4 Å². The van der Waals surface area contributed by atoms with Crippen LogP contribution in [0.4, 0.5) is 4.79 Å². The number of alkyl carbamates (subject to hydrolysis) is 1. The Kier molecular flexibility index (Phi) is 4.76. The standard InChI is InChI=1S/C22H18N2O4/c25-21(26)20(14-9-11-23-12-10-14)24-22(27)28-13-19-17-7-3-1-5-15(17)16-6-2-4-8-18(16)19/h1-12,19-20H,13H2,(H,24,27)(H,25,26)/t20-/m1/s1. The first-order valence-electron chi connectivity index (χ1n) is 8.89. The van der Waals surface area contributed by atoms with Crippen molar-refractivity contribution in [1.29, 1.82) is 0 Å². The molecule has 0 unspecified atom stereocenters. The number of carbonyl (C=O) groups is 2. The molecule has 2 aromatic carbocycles. The molecule has 1 heterocycles. The van der Waals surface area contributed by atoms with E-state index in [2.05, 4.69) is 22.4 Å². The summed E-state index contributed by atoms with van der Waals surface area (Å²) in [6.07, 6.45) is 2.18. The van der Waals surface area contributed by atoms with E-state index < -0.39 is 18.1 Å². The van der Waals surface area contributed by atoms with Gasteiger partial charge in [0.2, 0.25) is 0 Å². The largest absolute Gasteiger partial charge is 0.479 e. The Hall–Kier alpha value is -3.67. The van der Waals surface area contributed by atoms with Gasteiger partial charge in [0.15, 0.2) is 6.04 Å². The summed E-state index contributed by atoms with van der Waals surface area (Å²) in [4.78, 5) is 27.7. The van der Waals surface area contributed by atoms with Gasteiger partial charge in [-0.3, -0.25) is 4.98 Å². The molecule has 0 fully saturated rings. The van der Waals surface area contributed by atoms with E-state index in [0.29, 0.717) is 5.56 Å². The quantitative estimate of drug-likeness (QED) is 0.710. The summed E-state index contributed by atoms with van der Waals surface area (Å²) in [5, 5.41) is 11.8. The molecule has 1 amide bonds. The lowest BCUT2D eigenvalue weighted by atomic mass is 9.98. The minimum absolute atomic E-state index is 0.0812. The minimum atomic E-state index is -1.20. The third-order valence-corrected chi connectivity index (χ3v) is 4.89. The number of hydrogen-bond acceptors (Lipinski definition) is 4. The van der Waals surface area contributed by atoms with Crippen LogP contribution in [0.2, 0.25) is 0 Å². The van der Waals surface area contributed by atoms with Gasteiger partial charge in [-0.25, -0.2) is 9.59 Å². The molecule has 6 nitrogen and oxygen atoms in total. The highest BCUT2D eigenvalue weighted by Crippen LogP contribution is 2.44. The molecular formula is C22H18N2O4. The van der Waals surface area contributed by atoms with Crippen molar-refractivity contribution in [3.63, 3.8) is 0 Å². The molecule has 1 aromatic heterocycles. The van der Waals surface area contributed by atoms with Gasteiger partial charge in [0.1, 0.15) is 6.61 Å². The van der Waals surface area contributed by atoms with Crippen molar-refractivity contribution in [3.05, 3.63) is 89.7 Å². The SMILES string of the molecule is O=C(N[C@@H](C(=O)O)c1ccncc1)OCC1c2ccccc2-c2ccccc21. The summed E-state index contributed by atoms with van der Waals surface area (Å²) in [5.74, 6) is -1.25. The monoisotopic (exact) mass is 374 g/mol. The Morgan fingerprint density at radius 2 is 1.54 bits per heavy atom. The van der Waals surface area contributed by atoms with Crippen LogP contribution >= 0.6 is 0 Å². The third kappa shape index (κ3) is 3.32. The minimum Gasteiger partial charge on any atom is -0.479 e. The number of carboxylic acid groups (broad SMARTS) is 1. The van der Waals surface area contributed by atoms with Crippen LogP contribution in [0.1, 0.15) is 28.7 Å². The Morgan fingerprint density at radius 3 is 2.11 bits per heavy atom. The van der Waals surface area contributed by atoms with Crippen molar-refractivity contribution in [1.82, 2.24) is 10.3 Å². The predicted molar refractivity (Wildman–Crippen MR) is 103 cm³/mol. The molecule has 1 atom stereocenters. The number of nitrogens with one attached hydrogen (secondary N) is 1. The average molecular weight is 374 g/mol. The van der Waals surface area contributed by atoms with E-state index in [4.69, 9.17) is 4.74 Å². The molecule has 28 heavy (non-hydrogen) atoms. The zero-order valence-corrected chi connectivity index (χ0v) is 14.9. The van der Waals surface area contributed by atoms with E-state index >= 15 is 0 Å². The van der Waals surface area contributed by atoms with Crippen molar-refractivity contribution in [2.45, 2.75) is 12.0 Å². The van der Waals surface area contributed by atoms with Crippen LogP contribution in [0.3, 0.4) is 0 Å². The number of benzene rings is 2. The number of hydrogen-bond donors (Lipinski definition) is 2. The lowest BCUT2D eigenvalue weighted by Gasteiger charge is -2.17. The highest BCUT2D eigenvalue weighted by atomic mass is 16.5. The Bertz CT molecular complexity index is 974. The van der Waals surface area contributed by atoms with Gasteiger partial charge in [0.05, 0.1) is 0 Å². The van der Waals surface area contributed by atoms with Gasteiger partial charge in [-0.2, -0.15) is 0 Å². The van der Waals surface area contributed by atoms with Crippen LogP contribution in [0.25, 0.3) is 11.1 Å². The van der Waals surface area contributed by atoms with Gasteiger partial charge in [-0.05, 0) is 39.9 Å². The third-order valence-electron chi connectivity index (χ3n) is 4.89. The fourth-order valence-corrected chi connectivity index (χ4v) is 3.60. The Morgan fingerprint density at radius 1 is 0.964 bits per heavy atom. The second-order valence-electron chi connectivity index (χ2n) is 6.52. The van der Waals surface area contributed by atoms with E-state index in [1.54, 1.807) is 12.1 Å². The van der Waals surface area contributed by atoms with Crippen molar-refractivity contribution in [2.24, 2.45) is 0 Å². The van der Waals surface area contributed by atoms with E-state index in [-0.39, 0.29) is 12.5 Å². The fraction of sp³-hybridized carbons (Fsp3) is 0.136. The molecule has 0 radical (unpaired) electrons. The number of aliphatic carboxylic acids is 1. The maximum Gasteiger partial charge on any atom is 0.408 e. The first kappa shape index (κ1) is 17.7. The molecule has 140 valence electrons. The first-order valence-corrected chi connectivity index (χ1v) is 8.89. The first-order chi connectivity index (χ1) is 13.6. The number of ether oxygens (including phenoxy) is 1. The van der Waals surface area contributed by atoms with Crippen LogP contribution in [0.5, 0.6) is 0 Å². The summed E-state index contributed by atoms with van der Waals surface area (Å²) >= 11 is 0. The van der Waals surface area contributed by atoms with Crippen LogP contribution < -0.4 is 5.32 Å². The Labute approximate surface area is 161 Å². The fourth-order valence-electron chi connectivity index (χ4n) is 3.60. The van der Waals surface area contributed by atoms with Crippen LogP contribution in [0, 0.1) is 0 Å². The number of rotatable bonds is 5. The topological polar surface area (TPSA) is 88.5 Å². The number of pyridine rings is 1. The molecule has 0 saturated carbocycles. The lowest BCUT2D eigenvalue weighted by molar-refractivity contribution is -0.139. The molecule has 6 heteroatoms. The highest BCUT2D eigenvalue weighted by Gasteiger charge is 2.30. The Balaban J connectivity index is 1.49. The summed E-state index contributed by atoms with van der Waals surface area (Å²) in [7, 11) is 0. The molecule has 3 aromatic rings. The maximum absolute atomic E-state index is 12.3. The van der Waals surface area contributed by atoms with Gasteiger partial charge in [-0.15, -0.1) is 0 Å². The van der Waals surface area contributed by atoms with E-state index in [0.717, 1.165) is 22.3 Å². The van der Waals surface area contributed by atoms with Crippen molar-refractivity contribution in [2.75, 3.05) is 6.61 Å². The summed E-state index contributed by atoms with van der Waals surface area (Å²) in [5.41, 5.74) is 4.89. The van der Waals surface area contributed by atoms with Crippen LogP contribution in [0.15, 0.2) is 73.1 Å². The van der Waals surface area contributed by atoms with Gasteiger partial charge >= 0.3 is 12.1 Å². The summed E-state index contributed by atoms with van der Waals surface area (Å²) in [6.45, 7) is 0.128. The predicted octanol–water partition coefficient (Wildman–Crippen LogP) is 3.75. The van der Waals surface area contributed by atoms with E-state index in [1.807, 2.05) is 36.4 Å². The number of carbonyl (C=O) groups excluding carboxylic acids is 1. The second kappa shape index (κ2) is 7.52. The average Bonchev–Trinajstić information content (AvgIpc) is 3.05.